The first kappa shape index (κ1) is 31.5. The van der Waals surface area contributed by atoms with Gasteiger partial charge in [0.15, 0.2) is 0 Å². The first-order chi connectivity index (χ1) is 21.6. The molecule has 0 spiro atoms. The second kappa shape index (κ2) is 13.8. The summed E-state index contributed by atoms with van der Waals surface area (Å²) < 4.78 is 1.47. The fourth-order valence-corrected chi connectivity index (χ4v) is 6.96. The van der Waals surface area contributed by atoms with E-state index in [0.29, 0.717) is 27.7 Å². The van der Waals surface area contributed by atoms with Gasteiger partial charge in [-0.05, 0) is 39.3 Å². The first-order valence-electron chi connectivity index (χ1n) is 13.6. The molecule has 0 aliphatic carbocycles. The zero-order valence-electron chi connectivity index (χ0n) is 24.1. The third-order valence-corrected chi connectivity index (χ3v) is 9.42. The molecule has 5 amide bonds. The number of carboxylic acid groups (broad SMARTS) is 1. The van der Waals surface area contributed by atoms with Gasteiger partial charge in [0.2, 0.25) is 11.1 Å². The van der Waals surface area contributed by atoms with Crippen molar-refractivity contribution in [3.8, 4) is 0 Å². The van der Waals surface area contributed by atoms with Gasteiger partial charge in [0.05, 0.1) is 6.42 Å². The van der Waals surface area contributed by atoms with Crippen molar-refractivity contribution < 1.29 is 29.1 Å². The smallest absolute Gasteiger partial charge is 0.352 e. The highest BCUT2D eigenvalue weighted by atomic mass is 32.2. The number of rotatable bonds is 10. The maximum atomic E-state index is 13.1. The molecule has 2 aliphatic rings. The number of benzene rings is 2. The van der Waals surface area contributed by atoms with E-state index in [1.54, 1.807) is 37.4 Å². The van der Waals surface area contributed by atoms with Crippen LogP contribution >= 0.6 is 23.5 Å². The molecule has 232 valence electrons. The summed E-state index contributed by atoms with van der Waals surface area (Å²) in [5, 5.41) is 26.4. The number of carbonyl (C=O) groups is 5. The minimum absolute atomic E-state index is 0.0952. The number of urea groups is 1. The van der Waals surface area contributed by atoms with E-state index in [1.165, 1.54) is 46.2 Å². The highest BCUT2D eigenvalue weighted by Gasteiger charge is 2.54. The molecule has 1 aromatic heterocycles. The van der Waals surface area contributed by atoms with Crippen LogP contribution in [-0.4, -0.2) is 94.8 Å². The molecule has 1 saturated heterocycles. The van der Waals surface area contributed by atoms with Crippen molar-refractivity contribution in [3.05, 3.63) is 83.1 Å². The zero-order valence-corrected chi connectivity index (χ0v) is 25.7. The number of aromatic nitrogens is 4. The average molecular weight is 649 g/mol. The van der Waals surface area contributed by atoms with E-state index in [4.69, 9.17) is 0 Å². The number of aryl methyl sites for hydroxylation is 1. The van der Waals surface area contributed by atoms with Crippen LogP contribution < -0.4 is 10.6 Å². The molecule has 2 aromatic carbocycles. The molecule has 14 nitrogen and oxygen atoms in total. The lowest BCUT2D eigenvalue weighted by atomic mass is 10.0. The van der Waals surface area contributed by atoms with Crippen LogP contribution in [0.15, 0.2) is 77.1 Å². The molecule has 3 heterocycles. The van der Waals surface area contributed by atoms with Crippen LogP contribution in [0.5, 0.6) is 0 Å². The highest BCUT2D eigenvalue weighted by Crippen LogP contribution is 2.41. The number of tetrazole rings is 1. The number of nitrogens with zero attached hydrogens (tertiary/aromatic N) is 6. The van der Waals surface area contributed by atoms with Gasteiger partial charge in [-0.1, -0.05) is 60.3 Å². The van der Waals surface area contributed by atoms with E-state index in [0.717, 1.165) is 10.5 Å². The second-order valence-electron chi connectivity index (χ2n) is 9.99. The standard InChI is InChI=1S/C29H28N8O6S2/c1-35(22(39)13-12-17-8-4-3-5-9-17)28(43)30-20-11-7-6-10-18(20)14-21(38)31-23-25(40)37-24(27(41)42)19(15-44-26(23)37)16-45-29-32-33-34-36(29)2/h3-13,23,26H,14-16H2,1-2H3,(H,30,43)(H,31,38)(H,41,42)/b13-12+/t23?,26-/m1/s1. The predicted octanol–water partition coefficient (Wildman–Crippen LogP) is 1.99. The number of para-hydroxylation sites is 1. The van der Waals surface area contributed by atoms with Gasteiger partial charge >= 0.3 is 12.0 Å². The Morgan fingerprint density at radius 1 is 1.13 bits per heavy atom. The van der Waals surface area contributed by atoms with E-state index in [2.05, 4.69) is 26.2 Å². The van der Waals surface area contributed by atoms with Crippen LogP contribution in [0.25, 0.3) is 6.08 Å². The molecule has 1 unspecified atom stereocenters. The van der Waals surface area contributed by atoms with Crippen LogP contribution in [-0.2, 0) is 32.6 Å². The normalized spacial score (nSPS) is 17.5. The summed E-state index contributed by atoms with van der Waals surface area (Å²) in [7, 11) is 3.01. The summed E-state index contributed by atoms with van der Waals surface area (Å²) in [5.41, 5.74) is 2.06. The summed E-state index contributed by atoms with van der Waals surface area (Å²) in [4.78, 5) is 65.8. The Balaban J connectivity index is 1.19. The van der Waals surface area contributed by atoms with Gasteiger partial charge in [-0.15, -0.1) is 16.9 Å². The van der Waals surface area contributed by atoms with Crippen molar-refractivity contribution in [3.63, 3.8) is 0 Å². The minimum Gasteiger partial charge on any atom is -0.477 e. The maximum Gasteiger partial charge on any atom is 0.352 e. The number of thioether (sulfide) groups is 2. The number of hydrogen-bond acceptors (Lipinski definition) is 10. The molecule has 5 rings (SSSR count). The van der Waals surface area contributed by atoms with Gasteiger partial charge in [0.1, 0.15) is 17.1 Å². The van der Waals surface area contributed by atoms with Gasteiger partial charge in [0, 0.05) is 37.4 Å². The number of β-lactam (4-membered cyclic amide) rings is 1. The van der Waals surface area contributed by atoms with Gasteiger partial charge < -0.3 is 15.7 Å². The molecule has 1 fully saturated rings. The predicted molar refractivity (Wildman–Crippen MR) is 167 cm³/mol. The van der Waals surface area contributed by atoms with E-state index >= 15 is 0 Å². The Labute approximate surface area is 265 Å². The highest BCUT2D eigenvalue weighted by molar-refractivity contribution is 8.01. The van der Waals surface area contributed by atoms with Crippen LogP contribution in [0, 0.1) is 0 Å². The monoisotopic (exact) mass is 648 g/mol. The number of imide groups is 1. The summed E-state index contributed by atoms with van der Waals surface area (Å²) in [6.07, 6.45) is 2.72. The molecule has 3 aromatic rings. The molecule has 16 heteroatoms. The van der Waals surface area contributed by atoms with E-state index < -0.39 is 41.1 Å². The second-order valence-corrected chi connectivity index (χ2v) is 12.0. The third kappa shape index (κ3) is 7.07. The van der Waals surface area contributed by atoms with Crippen molar-refractivity contribution in [2.75, 3.05) is 23.9 Å². The van der Waals surface area contributed by atoms with Crippen LogP contribution in [0.2, 0.25) is 0 Å². The number of hydrogen-bond donors (Lipinski definition) is 3. The van der Waals surface area contributed by atoms with E-state index in [-0.39, 0.29) is 17.9 Å². The van der Waals surface area contributed by atoms with Crippen molar-refractivity contribution in [2.24, 2.45) is 7.05 Å². The molecule has 45 heavy (non-hydrogen) atoms. The Morgan fingerprint density at radius 3 is 2.58 bits per heavy atom. The number of fused-ring (bicyclic) bond motifs is 1. The molecule has 0 saturated carbocycles. The van der Waals surface area contributed by atoms with Crippen molar-refractivity contribution in [1.29, 1.82) is 0 Å². The lowest BCUT2D eigenvalue weighted by molar-refractivity contribution is -0.150. The Bertz CT molecular complexity index is 1710. The molecule has 2 aliphatic heterocycles. The number of amides is 5. The van der Waals surface area contributed by atoms with Crippen molar-refractivity contribution in [1.82, 2.24) is 35.3 Å². The Hall–Kier alpha value is -4.96. The topological polar surface area (TPSA) is 180 Å². The van der Waals surface area contributed by atoms with Gasteiger partial charge in [-0.25, -0.2) is 14.3 Å². The number of carbonyl (C=O) groups excluding carboxylic acids is 4. The molecule has 0 radical (unpaired) electrons. The van der Waals surface area contributed by atoms with Crippen molar-refractivity contribution in [2.45, 2.75) is 23.0 Å². The largest absolute Gasteiger partial charge is 0.477 e. The average Bonchev–Trinajstić information content (AvgIpc) is 3.46. The maximum absolute atomic E-state index is 13.1. The van der Waals surface area contributed by atoms with Crippen molar-refractivity contribution >= 4 is 65.0 Å². The van der Waals surface area contributed by atoms with Crippen LogP contribution in [0.1, 0.15) is 11.1 Å². The number of anilines is 1. The van der Waals surface area contributed by atoms with Crippen LogP contribution in [0.4, 0.5) is 10.5 Å². The first-order valence-corrected chi connectivity index (χ1v) is 15.6. The fraction of sp³-hybridized carbons (Fsp3) is 0.241. The third-order valence-electron chi connectivity index (χ3n) is 6.99. The fourth-order valence-electron chi connectivity index (χ4n) is 4.63. The molecular weight excluding hydrogens is 621 g/mol. The Morgan fingerprint density at radius 2 is 1.87 bits per heavy atom. The summed E-state index contributed by atoms with van der Waals surface area (Å²) in [6.45, 7) is 0. The summed E-state index contributed by atoms with van der Waals surface area (Å²) in [5.74, 6) is -2.14. The molecule has 2 atom stereocenters. The zero-order chi connectivity index (χ0) is 32.1. The Kier molecular flexibility index (Phi) is 9.63. The van der Waals surface area contributed by atoms with Gasteiger partial charge in [0.25, 0.3) is 11.8 Å². The molecule has 3 N–H and O–H groups in total. The molecule has 0 bridgehead atoms. The lowest BCUT2D eigenvalue weighted by Gasteiger charge is -2.49. The van der Waals surface area contributed by atoms with Gasteiger partial charge in [-0.2, -0.15) is 0 Å². The van der Waals surface area contributed by atoms with Gasteiger partial charge in [-0.3, -0.25) is 24.2 Å². The number of aliphatic carboxylic acids is 1. The minimum atomic E-state index is -1.23. The molecular formula is C29H28N8O6S2. The SMILES string of the molecule is CN(C(=O)/C=C/c1ccccc1)C(=O)Nc1ccccc1CC(=O)NC1C(=O)N2C(C(=O)O)=C(CSc3nnnn3C)CS[C@H]12. The van der Waals surface area contributed by atoms with E-state index in [1.807, 2.05) is 30.3 Å². The summed E-state index contributed by atoms with van der Waals surface area (Å²) >= 11 is 2.62. The number of carboxylic acids is 1. The lowest BCUT2D eigenvalue weighted by Crippen LogP contribution is -2.70. The summed E-state index contributed by atoms with van der Waals surface area (Å²) in [6, 6.07) is 14.2. The van der Waals surface area contributed by atoms with E-state index in [9.17, 15) is 29.1 Å². The number of nitrogens with one attached hydrogen (secondary N) is 2. The quantitative estimate of drug-likeness (QED) is 0.166. The van der Waals surface area contributed by atoms with Crippen LogP contribution in [0.3, 0.4) is 0 Å². The number of likely N-dealkylation sites (N-methyl/N-ethyl adjacent to an activating group) is 1.